The van der Waals surface area contributed by atoms with Crippen LogP contribution in [0.5, 0.6) is 5.75 Å². The first-order chi connectivity index (χ1) is 18.6. The summed E-state index contributed by atoms with van der Waals surface area (Å²) in [6, 6.07) is 10.8. The lowest BCUT2D eigenvalue weighted by molar-refractivity contribution is 0.0270. The van der Waals surface area contributed by atoms with E-state index in [1.54, 1.807) is 16.5 Å². The van der Waals surface area contributed by atoms with Crippen molar-refractivity contribution in [3.8, 4) is 16.9 Å². The van der Waals surface area contributed by atoms with Gasteiger partial charge in [-0.2, -0.15) is 5.10 Å². The highest BCUT2D eigenvalue weighted by Crippen LogP contribution is 2.38. The van der Waals surface area contributed by atoms with Crippen LogP contribution in [0.3, 0.4) is 0 Å². The number of fused-ring (bicyclic) bond motifs is 4. The van der Waals surface area contributed by atoms with Crippen LogP contribution in [-0.2, 0) is 4.74 Å². The van der Waals surface area contributed by atoms with Gasteiger partial charge in [0.15, 0.2) is 11.4 Å². The van der Waals surface area contributed by atoms with Gasteiger partial charge in [-0.3, -0.25) is 0 Å². The van der Waals surface area contributed by atoms with Crippen molar-refractivity contribution in [2.75, 3.05) is 20.2 Å². The summed E-state index contributed by atoms with van der Waals surface area (Å²) in [5.74, 6) is 0.689. The van der Waals surface area contributed by atoms with Gasteiger partial charge in [0.05, 0.1) is 7.11 Å². The lowest BCUT2D eigenvalue weighted by atomic mass is 9.93. The van der Waals surface area contributed by atoms with Gasteiger partial charge in [0.25, 0.3) is 0 Å². The Kier molecular flexibility index (Phi) is 5.86. The van der Waals surface area contributed by atoms with Gasteiger partial charge in [0.1, 0.15) is 11.9 Å². The summed E-state index contributed by atoms with van der Waals surface area (Å²) in [6.07, 6.45) is 6.21. The maximum absolute atomic E-state index is 12.5. The number of carbonyl (C=O) groups is 1. The van der Waals surface area contributed by atoms with Crippen molar-refractivity contribution >= 4 is 39.1 Å². The molecule has 0 saturated carbocycles. The Morgan fingerprint density at radius 3 is 2.59 bits per heavy atom. The molecule has 39 heavy (non-hydrogen) atoms. The fourth-order valence-corrected chi connectivity index (χ4v) is 5.48. The lowest BCUT2D eigenvalue weighted by Crippen LogP contribution is -2.39. The van der Waals surface area contributed by atoms with Gasteiger partial charge in [-0.05, 0) is 93.1 Å². The summed E-state index contributed by atoms with van der Waals surface area (Å²) in [5.41, 5.74) is 9.43. The van der Waals surface area contributed by atoms with Crippen molar-refractivity contribution < 1.29 is 14.3 Å². The van der Waals surface area contributed by atoms with Crippen molar-refractivity contribution in [3.05, 3.63) is 65.6 Å². The molecule has 8 nitrogen and oxygen atoms in total. The molecule has 6 rings (SSSR count). The van der Waals surface area contributed by atoms with Crippen LogP contribution in [0.4, 0.5) is 4.79 Å². The largest absolute Gasteiger partial charge is 0.493 e. The zero-order valence-electron chi connectivity index (χ0n) is 23.3. The molecule has 0 radical (unpaired) electrons. The van der Waals surface area contributed by atoms with Crippen LogP contribution in [0.1, 0.15) is 43.9 Å². The number of aryl methyl sites for hydroxylation is 1. The molecule has 8 heteroatoms. The highest BCUT2D eigenvalue weighted by Gasteiger charge is 2.24. The third-order valence-electron chi connectivity index (χ3n) is 7.56. The van der Waals surface area contributed by atoms with Crippen LogP contribution in [0.2, 0.25) is 0 Å². The van der Waals surface area contributed by atoms with Crippen LogP contribution >= 0.6 is 0 Å². The van der Waals surface area contributed by atoms with E-state index in [0.717, 1.165) is 28.6 Å². The third-order valence-corrected chi connectivity index (χ3v) is 7.56. The van der Waals surface area contributed by atoms with E-state index in [9.17, 15) is 4.79 Å². The van der Waals surface area contributed by atoms with Crippen molar-refractivity contribution in [3.63, 3.8) is 0 Å². The number of H-pyrrole nitrogens is 1. The molecule has 0 aliphatic carbocycles. The van der Waals surface area contributed by atoms with Crippen molar-refractivity contribution in [1.82, 2.24) is 24.5 Å². The number of methoxy groups -OCH3 is 1. The van der Waals surface area contributed by atoms with Crippen molar-refractivity contribution in [1.29, 1.82) is 0 Å². The van der Waals surface area contributed by atoms with Gasteiger partial charge in [0.2, 0.25) is 0 Å². The van der Waals surface area contributed by atoms with Gasteiger partial charge in [-0.1, -0.05) is 12.1 Å². The second kappa shape index (κ2) is 9.15. The molecule has 1 amide bonds. The molecular weight excluding hydrogens is 490 g/mol. The van der Waals surface area contributed by atoms with E-state index >= 15 is 0 Å². The number of nitrogens with one attached hydrogen (secondary N) is 1. The Morgan fingerprint density at radius 1 is 1.05 bits per heavy atom. The molecule has 1 N–H and O–H groups in total. The molecule has 0 bridgehead atoms. The van der Waals surface area contributed by atoms with E-state index in [4.69, 9.17) is 9.47 Å². The maximum atomic E-state index is 12.5. The number of rotatable bonds is 3. The Balaban J connectivity index is 1.38. The summed E-state index contributed by atoms with van der Waals surface area (Å²) >= 11 is 0. The van der Waals surface area contributed by atoms with E-state index in [1.807, 2.05) is 33.0 Å². The zero-order valence-corrected chi connectivity index (χ0v) is 23.3. The number of aromatic nitrogens is 4. The van der Waals surface area contributed by atoms with Crippen LogP contribution in [0.15, 0.2) is 48.9 Å². The zero-order chi connectivity index (χ0) is 27.5. The van der Waals surface area contributed by atoms with E-state index in [1.165, 1.54) is 39.4 Å². The molecule has 4 heterocycles. The van der Waals surface area contributed by atoms with Gasteiger partial charge in [-0.15, -0.1) is 0 Å². The number of hydrogen-bond acceptors (Lipinski definition) is 5. The lowest BCUT2D eigenvalue weighted by Gasteiger charge is -2.29. The molecule has 200 valence electrons. The number of hydrogen-bond donors (Lipinski definition) is 1. The quantitative estimate of drug-likeness (QED) is 0.285. The Hall–Kier alpha value is -4.33. The monoisotopic (exact) mass is 523 g/mol. The smallest absolute Gasteiger partial charge is 0.410 e. The van der Waals surface area contributed by atoms with Crippen LogP contribution in [-0.4, -0.2) is 56.4 Å². The van der Waals surface area contributed by atoms with Crippen LogP contribution in [0, 0.1) is 13.8 Å². The molecule has 5 aromatic rings. The van der Waals surface area contributed by atoms with Crippen LogP contribution < -0.4 is 4.74 Å². The standard InChI is InChI=1S/C31H33N5O3/c1-18-19(2)28-24-13-21(20-9-11-35(12-10-20)30(37)39-31(3,4)5)7-8-25(24)34-26(28)15-23(18)22-14-27(38-6)29-32-17-33-36(29)16-22/h7-9,13-17,34H,10-12H2,1-6H3. The fraction of sp³-hybridized carbons (Fsp3) is 0.323. The van der Waals surface area contributed by atoms with Gasteiger partial charge >= 0.3 is 6.09 Å². The minimum Gasteiger partial charge on any atom is -0.493 e. The van der Waals surface area contributed by atoms with Crippen molar-refractivity contribution in [2.24, 2.45) is 0 Å². The second-order valence-corrected chi connectivity index (χ2v) is 11.2. The average Bonchev–Trinajstić information content (AvgIpc) is 3.53. The molecule has 0 saturated heterocycles. The van der Waals surface area contributed by atoms with Gasteiger partial charge in [0, 0.05) is 46.7 Å². The highest BCUT2D eigenvalue weighted by molar-refractivity contribution is 6.11. The number of aromatic amines is 1. The minimum atomic E-state index is -0.494. The Labute approximate surface area is 227 Å². The first kappa shape index (κ1) is 25.0. The average molecular weight is 524 g/mol. The molecule has 0 spiro atoms. The first-order valence-electron chi connectivity index (χ1n) is 13.2. The van der Waals surface area contributed by atoms with Gasteiger partial charge < -0.3 is 19.4 Å². The fourth-order valence-electron chi connectivity index (χ4n) is 5.48. The molecule has 0 unspecified atom stereocenters. The minimum absolute atomic E-state index is 0.257. The first-order valence-corrected chi connectivity index (χ1v) is 13.2. The summed E-state index contributed by atoms with van der Waals surface area (Å²) in [5, 5.41) is 6.76. The summed E-state index contributed by atoms with van der Waals surface area (Å²) in [4.78, 5) is 22.2. The molecule has 1 aliphatic heterocycles. The predicted molar refractivity (Wildman–Crippen MR) is 154 cm³/mol. The van der Waals surface area contributed by atoms with Gasteiger partial charge in [-0.25, -0.2) is 14.3 Å². The number of carbonyl (C=O) groups excluding carboxylic acids is 1. The molecule has 0 fully saturated rings. The van der Waals surface area contributed by atoms with E-state index in [2.05, 4.69) is 59.3 Å². The molecule has 1 aliphatic rings. The SMILES string of the molecule is COc1cc(-c2cc3[nH]c4ccc(C5=CCN(C(=O)OC(C)(C)C)CC5)cc4c3c(C)c2C)cn2ncnc12. The normalized spacial score (nSPS) is 14.3. The summed E-state index contributed by atoms with van der Waals surface area (Å²) in [7, 11) is 1.65. The number of ether oxygens (including phenoxy) is 2. The van der Waals surface area contributed by atoms with E-state index < -0.39 is 5.60 Å². The highest BCUT2D eigenvalue weighted by atomic mass is 16.6. The third kappa shape index (κ3) is 4.39. The number of benzene rings is 2. The Morgan fingerprint density at radius 2 is 1.87 bits per heavy atom. The number of pyridine rings is 1. The maximum Gasteiger partial charge on any atom is 0.410 e. The summed E-state index contributed by atoms with van der Waals surface area (Å²) in [6.45, 7) is 11.2. The summed E-state index contributed by atoms with van der Waals surface area (Å²) < 4.78 is 12.9. The molecule has 0 atom stereocenters. The second-order valence-electron chi connectivity index (χ2n) is 11.2. The predicted octanol–water partition coefficient (Wildman–Crippen LogP) is 6.68. The van der Waals surface area contributed by atoms with Crippen LogP contribution in [0.25, 0.3) is 44.2 Å². The number of nitrogens with zero attached hydrogens (tertiary/aromatic N) is 4. The molecular formula is C31H33N5O3. The molecule has 3 aromatic heterocycles. The number of amides is 1. The van der Waals surface area contributed by atoms with E-state index in [-0.39, 0.29) is 6.09 Å². The topological polar surface area (TPSA) is 84.8 Å². The molecule has 2 aromatic carbocycles. The van der Waals surface area contributed by atoms with Crippen molar-refractivity contribution in [2.45, 2.75) is 46.6 Å². The van der Waals surface area contributed by atoms with E-state index in [0.29, 0.717) is 24.5 Å². The Bertz CT molecular complexity index is 1790.